The summed E-state index contributed by atoms with van der Waals surface area (Å²) in [4.78, 5) is 0.540. The summed E-state index contributed by atoms with van der Waals surface area (Å²) in [5.74, 6) is -2.40. The molecule has 21 heavy (non-hydrogen) atoms. The van der Waals surface area contributed by atoms with Crippen LogP contribution in [-0.4, -0.2) is 10.3 Å². The van der Waals surface area contributed by atoms with Crippen LogP contribution in [0, 0.1) is 18.3 Å². The molecule has 2 aromatic rings. The van der Waals surface area contributed by atoms with Gasteiger partial charge in [-0.15, -0.1) is 0 Å². The van der Waals surface area contributed by atoms with Gasteiger partial charge in [0.25, 0.3) is 5.76 Å². The number of rotatable bonds is 5. The van der Waals surface area contributed by atoms with Crippen LogP contribution < -0.4 is 5.32 Å². The molecule has 1 N–H and O–H groups in total. The first-order valence-corrected chi connectivity index (χ1v) is 7.23. The molecule has 110 valence electrons. The van der Waals surface area contributed by atoms with Gasteiger partial charge in [-0.05, 0) is 42.8 Å². The number of thioether (sulfide) groups is 1. The van der Waals surface area contributed by atoms with Gasteiger partial charge in [0.05, 0.1) is 0 Å². The van der Waals surface area contributed by atoms with E-state index in [9.17, 15) is 8.78 Å². The summed E-state index contributed by atoms with van der Waals surface area (Å²) in [6.45, 7) is 2.54. The first-order chi connectivity index (χ1) is 10.0. The molecule has 0 aliphatic rings. The first kappa shape index (κ1) is 15.4. The van der Waals surface area contributed by atoms with Crippen molar-refractivity contribution < 1.29 is 8.78 Å². The molecule has 0 aliphatic heterocycles. The number of nitrogens with one attached hydrogen (secondary N) is 1. The van der Waals surface area contributed by atoms with Gasteiger partial charge < -0.3 is 9.88 Å². The molecule has 6 heteroatoms. The summed E-state index contributed by atoms with van der Waals surface area (Å²) in [7, 11) is 1.85. The summed E-state index contributed by atoms with van der Waals surface area (Å²) < 4.78 is 26.3. The van der Waals surface area contributed by atoms with Crippen LogP contribution in [0.2, 0.25) is 0 Å². The van der Waals surface area contributed by atoms with Crippen LogP contribution in [0.4, 0.5) is 14.5 Å². The Kier molecular flexibility index (Phi) is 4.86. The van der Waals surface area contributed by atoms with Crippen LogP contribution in [0.5, 0.6) is 0 Å². The van der Waals surface area contributed by atoms with E-state index in [0.29, 0.717) is 28.9 Å². The van der Waals surface area contributed by atoms with Crippen molar-refractivity contribution in [3.8, 4) is 6.07 Å². The van der Waals surface area contributed by atoms with Gasteiger partial charge in [0, 0.05) is 29.9 Å². The summed E-state index contributed by atoms with van der Waals surface area (Å²) in [6.07, 6.45) is 0. The van der Waals surface area contributed by atoms with Gasteiger partial charge in [0.2, 0.25) is 0 Å². The highest BCUT2D eigenvalue weighted by atomic mass is 32.2. The minimum Gasteiger partial charge on any atom is -0.381 e. The standard InChI is InChI=1S/C15H15F2N3S/c1-10-11(7-13(8-18)20(10)2)9-19-12-3-5-14(6-4-12)21-15(16)17/h3-7,15,19H,9H2,1-2H3. The lowest BCUT2D eigenvalue weighted by molar-refractivity contribution is 0.252. The number of aromatic nitrogens is 1. The van der Waals surface area contributed by atoms with E-state index in [2.05, 4.69) is 11.4 Å². The maximum Gasteiger partial charge on any atom is 0.288 e. The molecule has 1 aromatic carbocycles. The maximum absolute atomic E-state index is 12.2. The van der Waals surface area contributed by atoms with E-state index in [1.165, 1.54) is 0 Å². The largest absolute Gasteiger partial charge is 0.381 e. The van der Waals surface area contributed by atoms with Gasteiger partial charge in [0.15, 0.2) is 0 Å². The van der Waals surface area contributed by atoms with Gasteiger partial charge >= 0.3 is 0 Å². The zero-order valence-corrected chi connectivity index (χ0v) is 12.5. The lowest BCUT2D eigenvalue weighted by atomic mass is 10.2. The lowest BCUT2D eigenvalue weighted by Crippen LogP contribution is -2.01. The van der Waals surface area contributed by atoms with Crippen molar-refractivity contribution in [3.05, 3.63) is 47.3 Å². The average molecular weight is 307 g/mol. The summed E-state index contributed by atoms with van der Waals surface area (Å²) in [5, 5.41) is 12.2. The third-order valence-corrected chi connectivity index (χ3v) is 4.04. The second-order valence-corrected chi connectivity index (χ2v) is 5.63. The van der Waals surface area contributed by atoms with E-state index >= 15 is 0 Å². The van der Waals surface area contributed by atoms with Gasteiger partial charge in [-0.2, -0.15) is 14.0 Å². The van der Waals surface area contributed by atoms with Crippen molar-refractivity contribution in [1.82, 2.24) is 4.57 Å². The maximum atomic E-state index is 12.2. The molecule has 0 amide bonds. The highest BCUT2D eigenvalue weighted by Gasteiger charge is 2.08. The van der Waals surface area contributed by atoms with Crippen LogP contribution in [0.25, 0.3) is 0 Å². The predicted octanol–water partition coefficient (Wildman–Crippen LogP) is 4.13. The number of nitriles is 1. The van der Waals surface area contributed by atoms with E-state index in [1.807, 2.05) is 24.6 Å². The number of anilines is 1. The molecule has 0 fully saturated rings. The fourth-order valence-electron chi connectivity index (χ4n) is 2.00. The fourth-order valence-corrected chi connectivity index (χ4v) is 2.50. The van der Waals surface area contributed by atoms with Crippen molar-refractivity contribution in [2.75, 3.05) is 5.32 Å². The Morgan fingerprint density at radius 2 is 2.00 bits per heavy atom. The molecule has 2 rings (SSSR count). The molecule has 0 bridgehead atoms. The minimum absolute atomic E-state index is 0.532. The lowest BCUT2D eigenvalue weighted by Gasteiger charge is -2.08. The Labute approximate surface area is 126 Å². The Bertz CT molecular complexity index is 657. The molecule has 0 spiro atoms. The quantitative estimate of drug-likeness (QED) is 0.844. The summed E-state index contributed by atoms with van der Waals surface area (Å²) in [6, 6.07) is 10.9. The van der Waals surface area contributed by atoms with Gasteiger partial charge in [-0.25, -0.2) is 0 Å². The summed E-state index contributed by atoms with van der Waals surface area (Å²) in [5.41, 5.74) is 3.55. The number of halogens is 2. The fraction of sp³-hybridized carbons (Fsp3) is 0.267. The van der Waals surface area contributed by atoms with Crippen LogP contribution in [0.1, 0.15) is 17.0 Å². The second-order valence-electron chi connectivity index (χ2n) is 4.57. The van der Waals surface area contributed by atoms with Crippen LogP contribution in [0.15, 0.2) is 35.2 Å². The van der Waals surface area contributed by atoms with Crippen molar-refractivity contribution in [1.29, 1.82) is 5.26 Å². The van der Waals surface area contributed by atoms with Crippen molar-refractivity contribution in [2.45, 2.75) is 24.1 Å². The van der Waals surface area contributed by atoms with Gasteiger partial charge in [0.1, 0.15) is 11.8 Å². The van der Waals surface area contributed by atoms with Crippen molar-refractivity contribution in [2.24, 2.45) is 7.05 Å². The topological polar surface area (TPSA) is 40.8 Å². The Morgan fingerprint density at radius 3 is 2.52 bits per heavy atom. The normalized spacial score (nSPS) is 10.7. The van der Waals surface area contributed by atoms with Crippen LogP contribution in [-0.2, 0) is 13.6 Å². The molecule has 0 saturated carbocycles. The third-order valence-electron chi connectivity index (χ3n) is 3.32. The van der Waals surface area contributed by atoms with E-state index in [0.717, 1.165) is 16.9 Å². The predicted molar refractivity (Wildman–Crippen MR) is 80.5 cm³/mol. The highest BCUT2D eigenvalue weighted by Crippen LogP contribution is 2.26. The van der Waals surface area contributed by atoms with Crippen LogP contribution >= 0.6 is 11.8 Å². The molecule has 0 unspecified atom stereocenters. The van der Waals surface area contributed by atoms with Gasteiger partial charge in [-0.1, -0.05) is 11.8 Å². The highest BCUT2D eigenvalue weighted by molar-refractivity contribution is 7.99. The van der Waals surface area contributed by atoms with Gasteiger partial charge in [-0.3, -0.25) is 0 Å². The SMILES string of the molecule is Cc1c(CNc2ccc(SC(F)F)cc2)cc(C#N)n1C. The molecule has 1 heterocycles. The first-order valence-electron chi connectivity index (χ1n) is 6.35. The molecule has 0 aliphatic carbocycles. The van der Waals surface area contributed by atoms with Crippen LogP contribution in [0.3, 0.4) is 0 Å². The van der Waals surface area contributed by atoms with Crippen molar-refractivity contribution >= 4 is 17.4 Å². The number of hydrogen-bond acceptors (Lipinski definition) is 3. The minimum atomic E-state index is -2.40. The zero-order chi connectivity index (χ0) is 15.4. The van der Waals surface area contributed by atoms with E-state index in [1.54, 1.807) is 24.3 Å². The molecule has 0 saturated heterocycles. The number of alkyl halides is 2. The Hall–Kier alpha value is -2.00. The molecular formula is C15H15F2N3S. The molecule has 3 nitrogen and oxygen atoms in total. The monoisotopic (exact) mass is 307 g/mol. The van der Waals surface area contributed by atoms with E-state index in [-0.39, 0.29) is 0 Å². The number of benzene rings is 1. The Morgan fingerprint density at radius 1 is 1.33 bits per heavy atom. The molecule has 0 radical (unpaired) electrons. The summed E-state index contributed by atoms with van der Waals surface area (Å²) >= 11 is 0.532. The van der Waals surface area contributed by atoms with Crippen molar-refractivity contribution in [3.63, 3.8) is 0 Å². The van der Waals surface area contributed by atoms with E-state index < -0.39 is 5.76 Å². The Balaban J connectivity index is 2.02. The number of hydrogen-bond donors (Lipinski definition) is 1. The zero-order valence-electron chi connectivity index (χ0n) is 11.7. The molecule has 1 aromatic heterocycles. The van der Waals surface area contributed by atoms with E-state index in [4.69, 9.17) is 5.26 Å². The third kappa shape index (κ3) is 3.76. The smallest absolute Gasteiger partial charge is 0.288 e. The second kappa shape index (κ2) is 6.64. The molecule has 0 atom stereocenters. The average Bonchev–Trinajstić information content (AvgIpc) is 2.73. The number of nitrogens with zero attached hydrogens (tertiary/aromatic N) is 2. The molecular weight excluding hydrogens is 292 g/mol.